The van der Waals surface area contributed by atoms with Crippen molar-refractivity contribution in [2.75, 3.05) is 25.6 Å². The Labute approximate surface area is 104 Å². The van der Waals surface area contributed by atoms with Gasteiger partial charge < -0.3 is 15.2 Å². The second kappa shape index (κ2) is 5.13. The van der Waals surface area contributed by atoms with Crippen LogP contribution in [-0.2, 0) is 4.74 Å². The second-order valence-corrected chi connectivity index (χ2v) is 4.66. The summed E-state index contributed by atoms with van der Waals surface area (Å²) in [7, 11) is 0. The van der Waals surface area contributed by atoms with Crippen LogP contribution >= 0.6 is 23.2 Å². The Bertz CT molecular complexity index is 378. The number of anilines is 1. The fourth-order valence-corrected chi connectivity index (χ4v) is 1.92. The molecule has 16 heavy (non-hydrogen) atoms. The predicted molar refractivity (Wildman–Crippen MR) is 65.3 cm³/mol. The van der Waals surface area contributed by atoms with E-state index in [1.54, 1.807) is 12.1 Å². The minimum Gasteiger partial charge on any atom is -0.491 e. The van der Waals surface area contributed by atoms with E-state index in [2.05, 4.69) is 0 Å². The minimum atomic E-state index is 0.439. The van der Waals surface area contributed by atoms with E-state index >= 15 is 0 Å². The quantitative estimate of drug-likeness (QED) is 0.851. The van der Waals surface area contributed by atoms with E-state index in [4.69, 9.17) is 38.4 Å². The van der Waals surface area contributed by atoms with Gasteiger partial charge in [0.25, 0.3) is 0 Å². The van der Waals surface area contributed by atoms with E-state index in [-0.39, 0.29) is 0 Å². The Balaban J connectivity index is 2.00. The zero-order chi connectivity index (χ0) is 11.5. The zero-order valence-corrected chi connectivity index (χ0v) is 10.2. The van der Waals surface area contributed by atoms with E-state index in [1.807, 2.05) is 0 Å². The fourth-order valence-electron chi connectivity index (χ4n) is 1.59. The van der Waals surface area contributed by atoms with Gasteiger partial charge in [0, 0.05) is 18.6 Å². The number of rotatable bonds is 3. The average Bonchev–Trinajstić information content (AvgIpc) is 2.74. The van der Waals surface area contributed by atoms with Crippen molar-refractivity contribution >= 4 is 28.9 Å². The molecule has 1 aliphatic rings. The highest BCUT2D eigenvalue weighted by atomic mass is 35.5. The molecule has 0 aliphatic carbocycles. The van der Waals surface area contributed by atoms with Crippen molar-refractivity contribution in [3.8, 4) is 5.75 Å². The van der Waals surface area contributed by atoms with Gasteiger partial charge in [-0.3, -0.25) is 0 Å². The zero-order valence-electron chi connectivity index (χ0n) is 8.71. The molecule has 0 bridgehead atoms. The molecule has 1 aromatic carbocycles. The number of halogens is 2. The van der Waals surface area contributed by atoms with Gasteiger partial charge in [-0.05, 0) is 12.5 Å². The maximum absolute atomic E-state index is 5.89. The number of ether oxygens (including phenoxy) is 2. The summed E-state index contributed by atoms with van der Waals surface area (Å²) in [5.41, 5.74) is 6.28. The molecule has 1 aromatic rings. The number of hydrogen-bond donors (Lipinski definition) is 1. The molecule has 1 atom stereocenters. The molecule has 0 spiro atoms. The highest BCUT2D eigenvalue weighted by molar-refractivity contribution is 6.42. The molecule has 1 heterocycles. The Morgan fingerprint density at radius 3 is 2.81 bits per heavy atom. The molecule has 1 aliphatic heterocycles. The van der Waals surface area contributed by atoms with Gasteiger partial charge in [-0.25, -0.2) is 0 Å². The molecule has 2 N–H and O–H groups in total. The van der Waals surface area contributed by atoms with Gasteiger partial charge in [0.15, 0.2) is 0 Å². The summed E-state index contributed by atoms with van der Waals surface area (Å²) >= 11 is 11.7. The second-order valence-electron chi connectivity index (χ2n) is 3.84. The van der Waals surface area contributed by atoms with Crippen LogP contribution < -0.4 is 10.5 Å². The van der Waals surface area contributed by atoms with Crippen LogP contribution in [0.1, 0.15) is 6.42 Å². The number of hydrogen-bond acceptors (Lipinski definition) is 3. The van der Waals surface area contributed by atoms with Gasteiger partial charge in [-0.2, -0.15) is 0 Å². The summed E-state index contributed by atoms with van der Waals surface area (Å²) in [5, 5.41) is 0.893. The standard InChI is InChI=1S/C11H13Cl2NO2/c12-8-3-10(14)11(4-9(8)13)16-6-7-1-2-15-5-7/h3-4,7H,1-2,5-6,14H2. The van der Waals surface area contributed by atoms with E-state index in [9.17, 15) is 0 Å². The molecule has 1 fully saturated rings. The number of benzene rings is 1. The van der Waals surface area contributed by atoms with Crippen LogP contribution in [0.3, 0.4) is 0 Å². The Hall–Kier alpha value is -0.640. The van der Waals surface area contributed by atoms with Crippen molar-refractivity contribution in [2.24, 2.45) is 5.92 Å². The van der Waals surface area contributed by atoms with Crippen LogP contribution in [0.4, 0.5) is 5.69 Å². The van der Waals surface area contributed by atoms with Crippen LogP contribution in [0.15, 0.2) is 12.1 Å². The molecular weight excluding hydrogens is 249 g/mol. The van der Waals surface area contributed by atoms with Crippen molar-refractivity contribution in [3.63, 3.8) is 0 Å². The largest absolute Gasteiger partial charge is 0.491 e. The Kier molecular flexibility index (Phi) is 3.79. The summed E-state index contributed by atoms with van der Waals surface area (Å²) in [5.74, 6) is 1.02. The Morgan fingerprint density at radius 1 is 1.38 bits per heavy atom. The van der Waals surface area contributed by atoms with Gasteiger partial charge in [-0.1, -0.05) is 23.2 Å². The first-order chi connectivity index (χ1) is 7.66. The summed E-state index contributed by atoms with van der Waals surface area (Å²) < 4.78 is 10.9. The summed E-state index contributed by atoms with van der Waals surface area (Å²) in [6, 6.07) is 3.25. The van der Waals surface area contributed by atoms with Gasteiger partial charge in [-0.15, -0.1) is 0 Å². The lowest BCUT2D eigenvalue weighted by Gasteiger charge is -2.12. The maximum atomic E-state index is 5.89. The maximum Gasteiger partial charge on any atom is 0.143 e. The number of nitrogen functional groups attached to an aromatic ring is 1. The third kappa shape index (κ3) is 2.73. The average molecular weight is 262 g/mol. The van der Waals surface area contributed by atoms with Crippen LogP contribution in [0.2, 0.25) is 10.0 Å². The monoisotopic (exact) mass is 261 g/mol. The smallest absolute Gasteiger partial charge is 0.143 e. The van der Waals surface area contributed by atoms with Crippen molar-refractivity contribution in [1.82, 2.24) is 0 Å². The lowest BCUT2D eigenvalue weighted by molar-refractivity contribution is 0.167. The fraction of sp³-hybridized carbons (Fsp3) is 0.455. The van der Waals surface area contributed by atoms with Crippen molar-refractivity contribution < 1.29 is 9.47 Å². The van der Waals surface area contributed by atoms with E-state index in [0.717, 1.165) is 19.6 Å². The highest BCUT2D eigenvalue weighted by Gasteiger charge is 2.17. The first-order valence-electron chi connectivity index (χ1n) is 5.12. The normalized spacial score (nSPS) is 20.0. The van der Waals surface area contributed by atoms with Gasteiger partial charge in [0.2, 0.25) is 0 Å². The molecule has 0 saturated carbocycles. The first kappa shape index (κ1) is 11.8. The minimum absolute atomic E-state index is 0.439. The van der Waals surface area contributed by atoms with Crippen LogP contribution in [0.25, 0.3) is 0 Å². The SMILES string of the molecule is Nc1cc(Cl)c(Cl)cc1OCC1CCOC1. The topological polar surface area (TPSA) is 44.5 Å². The van der Waals surface area contributed by atoms with Crippen molar-refractivity contribution in [2.45, 2.75) is 6.42 Å². The molecular formula is C11H13Cl2NO2. The third-order valence-electron chi connectivity index (χ3n) is 2.55. The summed E-state index contributed by atoms with van der Waals surface area (Å²) in [6.07, 6.45) is 1.03. The van der Waals surface area contributed by atoms with E-state index in [0.29, 0.717) is 34.0 Å². The van der Waals surface area contributed by atoms with Crippen molar-refractivity contribution in [1.29, 1.82) is 0 Å². The van der Waals surface area contributed by atoms with Gasteiger partial charge >= 0.3 is 0 Å². The molecule has 0 aromatic heterocycles. The van der Waals surface area contributed by atoms with Crippen LogP contribution in [0, 0.1) is 5.92 Å². The first-order valence-corrected chi connectivity index (χ1v) is 5.87. The molecule has 2 rings (SSSR count). The molecule has 1 unspecified atom stereocenters. The molecule has 5 heteroatoms. The lowest BCUT2D eigenvalue weighted by atomic mass is 10.1. The predicted octanol–water partition coefficient (Wildman–Crippen LogP) is 2.99. The highest BCUT2D eigenvalue weighted by Crippen LogP contribution is 2.32. The number of nitrogens with two attached hydrogens (primary N) is 1. The Morgan fingerprint density at radius 2 is 2.12 bits per heavy atom. The molecule has 0 amide bonds. The van der Waals surface area contributed by atoms with Crippen LogP contribution in [0.5, 0.6) is 5.75 Å². The summed E-state index contributed by atoms with van der Waals surface area (Å²) in [6.45, 7) is 2.16. The van der Waals surface area contributed by atoms with E-state index in [1.165, 1.54) is 0 Å². The molecule has 3 nitrogen and oxygen atoms in total. The molecule has 88 valence electrons. The van der Waals surface area contributed by atoms with Gasteiger partial charge in [0.1, 0.15) is 5.75 Å². The molecule has 0 radical (unpaired) electrons. The van der Waals surface area contributed by atoms with Crippen LogP contribution in [-0.4, -0.2) is 19.8 Å². The molecule has 1 saturated heterocycles. The van der Waals surface area contributed by atoms with E-state index < -0.39 is 0 Å². The third-order valence-corrected chi connectivity index (χ3v) is 3.27. The van der Waals surface area contributed by atoms with Crippen molar-refractivity contribution in [3.05, 3.63) is 22.2 Å². The summed E-state index contributed by atoms with van der Waals surface area (Å²) in [4.78, 5) is 0. The van der Waals surface area contributed by atoms with Gasteiger partial charge in [0.05, 0.1) is 28.9 Å². The lowest BCUT2D eigenvalue weighted by Crippen LogP contribution is -2.12.